The van der Waals surface area contributed by atoms with E-state index in [9.17, 15) is 9.90 Å². The zero-order valence-electron chi connectivity index (χ0n) is 14.3. The number of aliphatic hydroxyl groups is 1. The summed E-state index contributed by atoms with van der Waals surface area (Å²) in [5.74, 6) is 0.00407. The van der Waals surface area contributed by atoms with Crippen LogP contribution in [-0.4, -0.2) is 49.0 Å². The molecule has 1 heterocycles. The predicted molar refractivity (Wildman–Crippen MR) is 84.1 cm³/mol. The predicted octanol–water partition coefficient (Wildman–Crippen LogP) is 1.30. The highest BCUT2D eigenvalue weighted by Crippen LogP contribution is 2.19. The van der Waals surface area contributed by atoms with E-state index in [1.54, 1.807) is 0 Å². The van der Waals surface area contributed by atoms with E-state index in [-0.39, 0.29) is 28.9 Å². The van der Waals surface area contributed by atoms with Crippen LogP contribution in [-0.2, 0) is 9.53 Å². The fourth-order valence-corrected chi connectivity index (χ4v) is 2.24. The van der Waals surface area contributed by atoms with E-state index in [1.807, 2.05) is 20.8 Å². The van der Waals surface area contributed by atoms with Crippen molar-refractivity contribution < 1.29 is 14.6 Å². The number of carbonyl (C=O) groups is 1. The van der Waals surface area contributed by atoms with Gasteiger partial charge in [-0.1, -0.05) is 41.5 Å². The molecule has 1 fully saturated rings. The first-order chi connectivity index (χ1) is 9.48. The molecule has 0 unspecified atom stereocenters. The molecule has 1 rings (SSSR count). The summed E-state index contributed by atoms with van der Waals surface area (Å²) in [5, 5.41) is 16.4. The van der Waals surface area contributed by atoms with Crippen molar-refractivity contribution in [2.24, 2.45) is 10.8 Å². The second-order valence-corrected chi connectivity index (χ2v) is 8.45. The second-order valence-electron chi connectivity index (χ2n) is 8.45. The molecular formula is C16H32N2O3. The molecule has 5 heteroatoms. The molecule has 1 aliphatic rings. The van der Waals surface area contributed by atoms with Crippen LogP contribution in [0.4, 0.5) is 0 Å². The van der Waals surface area contributed by atoms with Crippen molar-refractivity contribution in [3.8, 4) is 0 Å². The Bertz CT molecular complexity index is 344. The average molecular weight is 300 g/mol. The van der Waals surface area contributed by atoms with Gasteiger partial charge in [0.05, 0.1) is 18.8 Å². The lowest BCUT2D eigenvalue weighted by Crippen LogP contribution is -2.47. The van der Waals surface area contributed by atoms with Gasteiger partial charge in [-0.3, -0.25) is 4.79 Å². The van der Waals surface area contributed by atoms with E-state index in [2.05, 4.69) is 31.4 Å². The lowest BCUT2D eigenvalue weighted by atomic mass is 9.92. The highest BCUT2D eigenvalue weighted by Gasteiger charge is 2.36. The van der Waals surface area contributed by atoms with Gasteiger partial charge >= 0.3 is 0 Å². The van der Waals surface area contributed by atoms with Crippen LogP contribution in [0.2, 0.25) is 0 Å². The topological polar surface area (TPSA) is 70.6 Å². The summed E-state index contributed by atoms with van der Waals surface area (Å²) in [6, 6.07) is -0.0613. The number of carbonyl (C=O) groups excluding carboxylic acids is 1. The lowest BCUT2D eigenvalue weighted by molar-refractivity contribution is -0.123. The van der Waals surface area contributed by atoms with Crippen molar-refractivity contribution in [2.45, 2.75) is 66.2 Å². The van der Waals surface area contributed by atoms with Crippen molar-refractivity contribution in [3.05, 3.63) is 0 Å². The standard InChI is InChI=1S/C16H32N2O3/c1-15(2,3)7-13(19)17-8-12-14(20)11(9-21-12)18-10-16(4,5)6/h11-12,14,18,20H,7-10H2,1-6H3,(H,17,19)/t11-,12-,14+/m1/s1. The van der Waals surface area contributed by atoms with E-state index >= 15 is 0 Å². The number of aliphatic hydroxyl groups excluding tert-OH is 1. The number of hydrogen-bond donors (Lipinski definition) is 3. The van der Waals surface area contributed by atoms with Crippen molar-refractivity contribution >= 4 is 5.91 Å². The third kappa shape index (κ3) is 7.25. The van der Waals surface area contributed by atoms with Gasteiger partial charge < -0.3 is 20.5 Å². The molecule has 3 atom stereocenters. The third-order valence-electron chi connectivity index (χ3n) is 3.37. The van der Waals surface area contributed by atoms with Crippen LogP contribution >= 0.6 is 0 Å². The Morgan fingerprint density at radius 2 is 1.81 bits per heavy atom. The maximum atomic E-state index is 11.8. The van der Waals surface area contributed by atoms with E-state index in [1.165, 1.54) is 0 Å². The van der Waals surface area contributed by atoms with Gasteiger partial charge in [0.25, 0.3) is 0 Å². The molecule has 0 aromatic carbocycles. The summed E-state index contributed by atoms with van der Waals surface area (Å²) in [6.07, 6.45) is -0.435. The van der Waals surface area contributed by atoms with Gasteiger partial charge in [0.15, 0.2) is 0 Å². The van der Waals surface area contributed by atoms with Gasteiger partial charge in [0.1, 0.15) is 6.10 Å². The van der Waals surface area contributed by atoms with Gasteiger partial charge in [-0.25, -0.2) is 0 Å². The van der Waals surface area contributed by atoms with E-state index < -0.39 is 6.10 Å². The largest absolute Gasteiger partial charge is 0.389 e. The van der Waals surface area contributed by atoms with Crippen molar-refractivity contribution in [1.29, 1.82) is 0 Å². The molecule has 124 valence electrons. The normalized spacial score (nSPS) is 26.9. The van der Waals surface area contributed by atoms with Gasteiger partial charge in [-0.2, -0.15) is 0 Å². The minimum absolute atomic E-state index is 0.00407. The Morgan fingerprint density at radius 3 is 2.33 bits per heavy atom. The molecule has 1 saturated heterocycles. The zero-order chi connectivity index (χ0) is 16.3. The Hall–Kier alpha value is -0.650. The fraction of sp³-hybridized carbons (Fsp3) is 0.938. The second kappa shape index (κ2) is 7.07. The van der Waals surface area contributed by atoms with Crippen molar-refractivity contribution in [1.82, 2.24) is 10.6 Å². The molecule has 0 bridgehead atoms. The molecule has 0 aliphatic carbocycles. The molecule has 1 amide bonds. The van der Waals surface area contributed by atoms with Gasteiger partial charge in [-0.15, -0.1) is 0 Å². The Kier molecular flexibility index (Phi) is 6.20. The highest BCUT2D eigenvalue weighted by molar-refractivity contribution is 5.76. The van der Waals surface area contributed by atoms with Crippen LogP contribution in [0.3, 0.4) is 0 Å². The summed E-state index contributed by atoms with van der Waals surface area (Å²) < 4.78 is 5.60. The summed E-state index contributed by atoms with van der Waals surface area (Å²) in [5.41, 5.74) is 0.134. The average Bonchev–Trinajstić information content (AvgIpc) is 2.62. The van der Waals surface area contributed by atoms with Gasteiger partial charge in [0.2, 0.25) is 5.91 Å². The monoisotopic (exact) mass is 300 g/mol. The summed E-state index contributed by atoms with van der Waals surface area (Å²) >= 11 is 0. The summed E-state index contributed by atoms with van der Waals surface area (Å²) in [4.78, 5) is 11.8. The van der Waals surface area contributed by atoms with Crippen LogP contribution in [0.25, 0.3) is 0 Å². The lowest BCUT2D eigenvalue weighted by Gasteiger charge is -2.24. The van der Waals surface area contributed by atoms with Crippen LogP contribution in [0.15, 0.2) is 0 Å². The number of hydrogen-bond acceptors (Lipinski definition) is 4. The van der Waals surface area contributed by atoms with Crippen LogP contribution in [0.1, 0.15) is 48.0 Å². The molecular weight excluding hydrogens is 268 g/mol. The molecule has 0 aromatic heterocycles. The molecule has 1 aliphatic heterocycles. The minimum Gasteiger partial charge on any atom is -0.389 e. The molecule has 0 spiro atoms. The highest BCUT2D eigenvalue weighted by atomic mass is 16.5. The van der Waals surface area contributed by atoms with Gasteiger partial charge in [-0.05, 0) is 10.8 Å². The first kappa shape index (κ1) is 18.4. The Labute approximate surface area is 128 Å². The molecule has 3 N–H and O–H groups in total. The maximum absolute atomic E-state index is 11.8. The molecule has 0 saturated carbocycles. The number of nitrogens with one attached hydrogen (secondary N) is 2. The van der Waals surface area contributed by atoms with Crippen LogP contribution in [0.5, 0.6) is 0 Å². The van der Waals surface area contributed by atoms with Gasteiger partial charge in [0, 0.05) is 19.5 Å². The summed E-state index contributed by atoms with van der Waals surface area (Å²) in [6.45, 7) is 14.2. The summed E-state index contributed by atoms with van der Waals surface area (Å²) in [7, 11) is 0. The van der Waals surface area contributed by atoms with E-state index in [0.717, 1.165) is 6.54 Å². The van der Waals surface area contributed by atoms with Crippen molar-refractivity contribution in [3.63, 3.8) is 0 Å². The van der Waals surface area contributed by atoms with Crippen LogP contribution in [0, 0.1) is 10.8 Å². The van der Waals surface area contributed by atoms with E-state index in [4.69, 9.17) is 4.74 Å². The third-order valence-corrected chi connectivity index (χ3v) is 3.37. The SMILES string of the molecule is CC(C)(C)CN[C@@H]1CO[C@H](CNC(=O)CC(C)(C)C)[C@H]1O. The molecule has 5 nitrogen and oxygen atoms in total. The van der Waals surface area contributed by atoms with E-state index in [0.29, 0.717) is 19.6 Å². The first-order valence-corrected chi connectivity index (χ1v) is 7.78. The first-order valence-electron chi connectivity index (χ1n) is 7.78. The Balaban J connectivity index is 2.33. The number of ether oxygens (including phenoxy) is 1. The molecule has 21 heavy (non-hydrogen) atoms. The Morgan fingerprint density at radius 1 is 1.19 bits per heavy atom. The fourth-order valence-electron chi connectivity index (χ4n) is 2.24. The molecule has 0 radical (unpaired) electrons. The smallest absolute Gasteiger partial charge is 0.220 e. The number of rotatable bonds is 5. The minimum atomic E-state index is -0.581. The molecule has 0 aromatic rings. The maximum Gasteiger partial charge on any atom is 0.220 e. The quantitative estimate of drug-likeness (QED) is 0.716. The van der Waals surface area contributed by atoms with Crippen LogP contribution < -0.4 is 10.6 Å². The zero-order valence-corrected chi connectivity index (χ0v) is 14.3. The van der Waals surface area contributed by atoms with Crippen molar-refractivity contribution in [2.75, 3.05) is 19.7 Å². The number of amides is 1.